The largest absolute Gasteiger partial charge is 0.278 e. The van der Waals surface area contributed by atoms with Gasteiger partial charge in [0, 0.05) is 5.03 Å². The smallest absolute Gasteiger partial charge is 0.258 e. The van der Waals surface area contributed by atoms with E-state index in [2.05, 4.69) is 6.92 Å². The number of amides is 1. The average molecular weight is 310 g/mol. The molecule has 0 aliphatic heterocycles. The Morgan fingerprint density at radius 1 is 1.05 bits per heavy atom. The molecule has 0 aromatic heterocycles. The van der Waals surface area contributed by atoms with Gasteiger partial charge in [-0.2, -0.15) is 0 Å². The molecule has 1 amide bonds. The Morgan fingerprint density at radius 3 is 2.11 bits per heavy atom. The van der Waals surface area contributed by atoms with Crippen molar-refractivity contribution in [3.8, 4) is 0 Å². The first-order valence-electron chi connectivity index (χ1n) is 6.84. The number of rotatable bonds is 12. The van der Waals surface area contributed by atoms with Gasteiger partial charge in [-0.1, -0.05) is 63.5 Å². The Hall–Kier alpha value is -0.550. The van der Waals surface area contributed by atoms with Gasteiger partial charge in [-0.15, -0.1) is 0 Å². The molecule has 6 heteroatoms. The normalized spacial score (nSPS) is 12.4. The number of carbonyl (C=O) groups excluding carboxylic acids is 1. The first-order chi connectivity index (χ1) is 9.02. The minimum Gasteiger partial charge on any atom is -0.278 e. The Bertz CT molecular complexity index is 366. The third-order valence-corrected chi connectivity index (χ3v) is 4.21. The number of allylic oxidation sites excluding steroid dienone is 1. The van der Waals surface area contributed by atoms with Crippen LogP contribution in [-0.2, 0) is 14.8 Å². The third-order valence-electron chi connectivity index (χ3n) is 2.76. The van der Waals surface area contributed by atoms with E-state index in [0.717, 1.165) is 24.7 Å². The van der Waals surface area contributed by atoms with Crippen molar-refractivity contribution in [2.45, 2.75) is 64.7 Å². The Balaban J connectivity index is 3.66. The second-order valence-corrected chi connectivity index (χ2v) is 6.62. The van der Waals surface area contributed by atoms with Crippen LogP contribution in [0.5, 0.6) is 0 Å². The number of halogens is 1. The Labute approximate surface area is 121 Å². The standard InChI is InChI=1S/C13H24ClNO3S/c1-2-3-4-5-6-7-8-9-10-13(14)11-19(17,18)15-12-16/h11-12H,2-10H2,1H3,(H,15,16). The maximum absolute atomic E-state index is 11.2. The Morgan fingerprint density at radius 2 is 1.58 bits per heavy atom. The molecular formula is C13H24ClNO3S. The lowest BCUT2D eigenvalue weighted by Gasteiger charge is -2.02. The lowest BCUT2D eigenvalue weighted by Crippen LogP contribution is -2.19. The highest BCUT2D eigenvalue weighted by molar-refractivity contribution is 7.92. The number of unbranched alkanes of at least 4 members (excludes halogenated alkanes) is 7. The fourth-order valence-corrected chi connectivity index (χ4v) is 2.90. The summed E-state index contributed by atoms with van der Waals surface area (Å²) in [6.45, 7) is 2.20. The molecule has 0 radical (unpaired) electrons. The van der Waals surface area contributed by atoms with Gasteiger partial charge in [0.05, 0.1) is 5.41 Å². The van der Waals surface area contributed by atoms with Crippen molar-refractivity contribution in [3.05, 3.63) is 10.4 Å². The molecule has 0 saturated heterocycles. The van der Waals surface area contributed by atoms with Crippen molar-refractivity contribution in [1.82, 2.24) is 4.72 Å². The van der Waals surface area contributed by atoms with Crippen LogP contribution in [0.3, 0.4) is 0 Å². The van der Waals surface area contributed by atoms with E-state index in [1.165, 1.54) is 32.1 Å². The van der Waals surface area contributed by atoms with Crippen molar-refractivity contribution < 1.29 is 13.2 Å². The van der Waals surface area contributed by atoms with Crippen LogP contribution in [0.1, 0.15) is 64.7 Å². The minimum absolute atomic E-state index is 0.131. The zero-order valence-corrected chi connectivity index (χ0v) is 13.1. The predicted octanol–water partition coefficient (Wildman–Crippen LogP) is 3.67. The quantitative estimate of drug-likeness (QED) is 0.442. The van der Waals surface area contributed by atoms with Gasteiger partial charge in [0.2, 0.25) is 6.41 Å². The van der Waals surface area contributed by atoms with E-state index in [1.54, 1.807) is 4.72 Å². The molecule has 0 heterocycles. The van der Waals surface area contributed by atoms with E-state index in [0.29, 0.717) is 6.42 Å². The van der Waals surface area contributed by atoms with Crippen molar-refractivity contribution in [2.75, 3.05) is 0 Å². The molecule has 0 atom stereocenters. The molecule has 0 aliphatic rings. The van der Waals surface area contributed by atoms with Crippen LogP contribution >= 0.6 is 11.6 Å². The van der Waals surface area contributed by atoms with Crippen LogP contribution in [-0.4, -0.2) is 14.8 Å². The molecule has 0 unspecified atom stereocenters. The summed E-state index contributed by atoms with van der Waals surface area (Å²) in [7, 11) is -3.70. The summed E-state index contributed by atoms with van der Waals surface area (Å²) in [6, 6.07) is 0. The summed E-state index contributed by atoms with van der Waals surface area (Å²) in [6.07, 6.45) is 10.1. The highest BCUT2D eigenvalue weighted by Gasteiger charge is 2.05. The van der Waals surface area contributed by atoms with E-state index in [1.807, 2.05) is 0 Å². The Kier molecular flexibility index (Phi) is 11.0. The van der Waals surface area contributed by atoms with Crippen LogP contribution in [0.2, 0.25) is 0 Å². The monoisotopic (exact) mass is 309 g/mol. The number of hydrogen-bond donors (Lipinski definition) is 1. The molecule has 0 rings (SSSR count). The fourth-order valence-electron chi connectivity index (χ4n) is 1.76. The van der Waals surface area contributed by atoms with Gasteiger partial charge in [-0.25, -0.2) is 8.42 Å². The number of nitrogens with one attached hydrogen (secondary N) is 1. The van der Waals surface area contributed by atoms with Crippen molar-refractivity contribution in [1.29, 1.82) is 0 Å². The zero-order valence-electron chi connectivity index (χ0n) is 11.5. The highest BCUT2D eigenvalue weighted by atomic mass is 35.5. The lowest BCUT2D eigenvalue weighted by atomic mass is 10.1. The summed E-state index contributed by atoms with van der Waals surface area (Å²) in [4.78, 5) is 10.0. The van der Waals surface area contributed by atoms with Gasteiger partial charge in [0.25, 0.3) is 10.0 Å². The van der Waals surface area contributed by atoms with E-state index >= 15 is 0 Å². The molecule has 0 saturated carbocycles. The molecule has 0 aromatic rings. The SMILES string of the molecule is CCCCCCCCCCC(Cl)=CS(=O)(=O)NC=O. The van der Waals surface area contributed by atoms with Crippen molar-refractivity contribution >= 4 is 28.0 Å². The van der Waals surface area contributed by atoms with E-state index in [9.17, 15) is 13.2 Å². The van der Waals surface area contributed by atoms with Crippen LogP contribution < -0.4 is 4.72 Å². The molecular weight excluding hydrogens is 286 g/mol. The zero-order chi connectivity index (χ0) is 14.6. The van der Waals surface area contributed by atoms with Gasteiger partial charge < -0.3 is 0 Å². The molecule has 0 spiro atoms. The molecule has 0 bridgehead atoms. The topological polar surface area (TPSA) is 63.2 Å². The lowest BCUT2D eigenvalue weighted by molar-refractivity contribution is -0.108. The van der Waals surface area contributed by atoms with Gasteiger partial charge in [0.1, 0.15) is 0 Å². The molecule has 0 fully saturated rings. The summed E-state index contributed by atoms with van der Waals surface area (Å²) >= 11 is 5.81. The van der Waals surface area contributed by atoms with Gasteiger partial charge in [-0.05, 0) is 12.8 Å². The van der Waals surface area contributed by atoms with Crippen molar-refractivity contribution in [3.63, 3.8) is 0 Å². The molecule has 0 aromatic carbocycles. The molecule has 0 aliphatic carbocycles. The predicted molar refractivity (Wildman–Crippen MR) is 79.3 cm³/mol. The second kappa shape index (κ2) is 11.3. The summed E-state index contributed by atoms with van der Waals surface area (Å²) in [5, 5.41) is 1.17. The molecule has 1 N–H and O–H groups in total. The van der Waals surface area contributed by atoms with E-state index in [-0.39, 0.29) is 11.4 Å². The summed E-state index contributed by atoms with van der Waals surface area (Å²) < 4.78 is 24.1. The minimum atomic E-state index is -3.70. The van der Waals surface area contributed by atoms with E-state index < -0.39 is 10.0 Å². The maximum Gasteiger partial charge on any atom is 0.258 e. The van der Waals surface area contributed by atoms with Crippen molar-refractivity contribution in [2.24, 2.45) is 0 Å². The maximum atomic E-state index is 11.2. The van der Waals surface area contributed by atoms with Gasteiger partial charge in [0.15, 0.2) is 0 Å². The first kappa shape index (κ1) is 18.4. The molecule has 4 nitrogen and oxygen atoms in total. The highest BCUT2D eigenvalue weighted by Crippen LogP contribution is 2.16. The van der Waals surface area contributed by atoms with Gasteiger partial charge >= 0.3 is 0 Å². The second-order valence-electron chi connectivity index (χ2n) is 4.57. The van der Waals surface area contributed by atoms with Crippen LogP contribution in [0, 0.1) is 0 Å². The number of sulfonamides is 1. The van der Waals surface area contributed by atoms with E-state index in [4.69, 9.17) is 11.6 Å². The van der Waals surface area contributed by atoms with Crippen LogP contribution in [0.25, 0.3) is 0 Å². The average Bonchev–Trinajstić information content (AvgIpc) is 2.31. The van der Waals surface area contributed by atoms with Crippen LogP contribution in [0.4, 0.5) is 0 Å². The van der Waals surface area contributed by atoms with Crippen LogP contribution in [0.15, 0.2) is 10.4 Å². The first-order valence-corrected chi connectivity index (χ1v) is 8.76. The molecule has 19 heavy (non-hydrogen) atoms. The fraction of sp³-hybridized carbons (Fsp3) is 0.769. The summed E-state index contributed by atoms with van der Waals surface area (Å²) in [5.74, 6) is 0. The molecule has 112 valence electrons. The third kappa shape index (κ3) is 12.2. The summed E-state index contributed by atoms with van der Waals surface area (Å²) in [5.41, 5.74) is 0. The van der Waals surface area contributed by atoms with Gasteiger partial charge in [-0.3, -0.25) is 9.52 Å². The number of hydrogen-bond acceptors (Lipinski definition) is 3. The number of carbonyl (C=O) groups is 1.